The summed E-state index contributed by atoms with van der Waals surface area (Å²) in [5.41, 5.74) is 1.71. The van der Waals surface area contributed by atoms with Crippen molar-refractivity contribution in [1.82, 2.24) is 29.7 Å². The lowest BCUT2D eigenvalue weighted by Crippen LogP contribution is -2.43. The highest BCUT2D eigenvalue weighted by Gasteiger charge is 2.35. The first-order valence-corrected chi connectivity index (χ1v) is 9.58. The van der Waals surface area contributed by atoms with E-state index in [2.05, 4.69) is 15.0 Å². The average molecular weight is 370 g/mol. The van der Waals surface area contributed by atoms with Crippen molar-refractivity contribution in [2.75, 3.05) is 40.3 Å². The molecule has 2 aromatic heterocycles. The Balaban J connectivity index is 1.34. The number of pyridine rings is 1. The molecule has 4 rings (SSSR count). The molecule has 0 aromatic carbocycles. The van der Waals surface area contributed by atoms with Gasteiger partial charge in [-0.3, -0.25) is 4.79 Å². The van der Waals surface area contributed by atoms with Crippen LogP contribution in [0.5, 0.6) is 0 Å². The van der Waals surface area contributed by atoms with E-state index >= 15 is 0 Å². The van der Waals surface area contributed by atoms with Crippen LogP contribution in [0.1, 0.15) is 31.0 Å². The summed E-state index contributed by atoms with van der Waals surface area (Å²) >= 11 is 0. The summed E-state index contributed by atoms with van der Waals surface area (Å²) in [7, 11) is 3.49. The molecule has 0 aliphatic carbocycles. The molecule has 4 heterocycles. The zero-order chi connectivity index (χ0) is 19.0. The molecule has 1 N–H and O–H groups in total. The van der Waals surface area contributed by atoms with Gasteiger partial charge in [-0.1, -0.05) is 0 Å². The molecule has 1 unspecified atom stereocenters. The number of H-pyrrole nitrogens is 1. The number of nitrogens with zero attached hydrogens (tertiary/aromatic N) is 5. The summed E-state index contributed by atoms with van der Waals surface area (Å²) in [6, 6.07) is 3.87. The highest BCUT2D eigenvalue weighted by molar-refractivity contribution is 5.81. The molecule has 2 aromatic rings. The van der Waals surface area contributed by atoms with Gasteiger partial charge in [0.1, 0.15) is 5.82 Å². The van der Waals surface area contributed by atoms with Crippen LogP contribution in [0.3, 0.4) is 0 Å². The maximum Gasteiger partial charge on any atom is 0.319 e. The number of aromatic nitrogens is 3. The first kappa shape index (κ1) is 17.8. The number of carbonyl (C=O) groups is 2. The molecular formula is C19H26N6O2. The topological polar surface area (TPSA) is 85.4 Å². The third kappa shape index (κ3) is 3.48. The van der Waals surface area contributed by atoms with Gasteiger partial charge in [-0.2, -0.15) is 0 Å². The highest BCUT2D eigenvalue weighted by Crippen LogP contribution is 2.29. The Hall–Kier alpha value is -2.64. The normalized spacial score (nSPS) is 21.0. The second-order valence-corrected chi connectivity index (χ2v) is 7.70. The lowest BCUT2D eigenvalue weighted by Gasteiger charge is -2.33. The third-order valence-electron chi connectivity index (χ3n) is 5.66. The van der Waals surface area contributed by atoms with Gasteiger partial charge < -0.3 is 19.7 Å². The van der Waals surface area contributed by atoms with Crippen LogP contribution in [0.4, 0.5) is 4.79 Å². The highest BCUT2D eigenvalue weighted by atomic mass is 16.2. The molecule has 8 nitrogen and oxygen atoms in total. The molecule has 2 aliphatic rings. The van der Waals surface area contributed by atoms with Gasteiger partial charge >= 0.3 is 6.03 Å². The Morgan fingerprint density at radius 3 is 2.59 bits per heavy atom. The van der Waals surface area contributed by atoms with Crippen LogP contribution in [0.25, 0.3) is 11.2 Å². The number of likely N-dealkylation sites (tertiary alicyclic amines) is 2. The van der Waals surface area contributed by atoms with Crippen molar-refractivity contribution in [3.63, 3.8) is 0 Å². The van der Waals surface area contributed by atoms with E-state index in [9.17, 15) is 9.59 Å². The van der Waals surface area contributed by atoms with E-state index in [1.54, 1.807) is 30.1 Å². The molecular weight excluding hydrogens is 344 g/mol. The first-order chi connectivity index (χ1) is 13.0. The minimum atomic E-state index is -0.0687. The van der Waals surface area contributed by atoms with Gasteiger partial charge in [-0.15, -0.1) is 0 Å². The van der Waals surface area contributed by atoms with Crippen LogP contribution in [0.15, 0.2) is 18.3 Å². The number of imidazole rings is 1. The number of urea groups is 1. The molecule has 2 fully saturated rings. The van der Waals surface area contributed by atoms with E-state index in [0.717, 1.165) is 49.3 Å². The minimum Gasteiger partial charge on any atom is -0.342 e. The van der Waals surface area contributed by atoms with Crippen molar-refractivity contribution in [3.05, 3.63) is 24.2 Å². The zero-order valence-corrected chi connectivity index (χ0v) is 15.9. The fourth-order valence-corrected chi connectivity index (χ4v) is 4.11. The lowest BCUT2D eigenvalue weighted by atomic mass is 9.95. The Morgan fingerprint density at radius 2 is 1.89 bits per heavy atom. The number of piperidine rings is 1. The van der Waals surface area contributed by atoms with Crippen LogP contribution in [0, 0.1) is 5.92 Å². The van der Waals surface area contributed by atoms with Crippen LogP contribution < -0.4 is 0 Å². The summed E-state index contributed by atoms with van der Waals surface area (Å²) in [4.78, 5) is 42.5. The van der Waals surface area contributed by atoms with Crippen LogP contribution >= 0.6 is 0 Å². The molecule has 0 saturated carbocycles. The van der Waals surface area contributed by atoms with Crippen molar-refractivity contribution in [3.8, 4) is 0 Å². The van der Waals surface area contributed by atoms with E-state index in [1.165, 1.54) is 0 Å². The average Bonchev–Trinajstić information content (AvgIpc) is 3.34. The van der Waals surface area contributed by atoms with Crippen molar-refractivity contribution in [2.24, 2.45) is 5.92 Å². The molecule has 2 saturated heterocycles. The Labute approximate surface area is 158 Å². The van der Waals surface area contributed by atoms with E-state index in [0.29, 0.717) is 19.0 Å². The van der Waals surface area contributed by atoms with Crippen LogP contribution in [-0.2, 0) is 4.79 Å². The van der Waals surface area contributed by atoms with Gasteiger partial charge in [-0.25, -0.2) is 14.8 Å². The van der Waals surface area contributed by atoms with Gasteiger partial charge in [0.25, 0.3) is 0 Å². The minimum absolute atomic E-state index is 0.0116. The fourth-order valence-electron chi connectivity index (χ4n) is 4.11. The number of nitrogens with one attached hydrogen (secondary N) is 1. The van der Waals surface area contributed by atoms with Gasteiger partial charge in [0, 0.05) is 52.4 Å². The molecule has 8 heteroatoms. The molecule has 144 valence electrons. The summed E-state index contributed by atoms with van der Waals surface area (Å²) in [5, 5.41) is 0. The van der Waals surface area contributed by atoms with Gasteiger partial charge in [0.15, 0.2) is 5.65 Å². The van der Waals surface area contributed by atoms with Crippen molar-refractivity contribution in [2.45, 2.75) is 25.2 Å². The number of aromatic amines is 1. The standard InChI is InChI=1S/C19H26N6O2/c1-23(2)19(27)25-11-7-14(12-25)18(26)24-9-5-13(6-10-24)16-21-15-4-3-8-20-17(15)22-16/h3-4,8,13-14H,5-7,9-12H2,1-2H3,(H,20,21,22). The van der Waals surface area contributed by atoms with Crippen molar-refractivity contribution in [1.29, 1.82) is 0 Å². The number of amides is 3. The predicted octanol–water partition coefficient (Wildman–Crippen LogP) is 1.67. The maximum absolute atomic E-state index is 12.9. The molecule has 0 radical (unpaired) electrons. The van der Waals surface area contributed by atoms with E-state index in [-0.39, 0.29) is 17.9 Å². The number of hydrogen-bond acceptors (Lipinski definition) is 4. The molecule has 0 bridgehead atoms. The zero-order valence-electron chi connectivity index (χ0n) is 15.9. The Bertz CT molecular complexity index is 807. The first-order valence-electron chi connectivity index (χ1n) is 9.58. The smallest absolute Gasteiger partial charge is 0.319 e. The number of rotatable bonds is 2. The molecule has 27 heavy (non-hydrogen) atoms. The van der Waals surface area contributed by atoms with E-state index in [4.69, 9.17) is 0 Å². The van der Waals surface area contributed by atoms with Gasteiger partial charge in [0.2, 0.25) is 5.91 Å². The Kier molecular flexibility index (Phi) is 4.72. The lowest BCUT2D eigenvalue weighted by molar-refractivity contribution is -0.136. The van der Waals surface area contributed by atoms with Crippen molar-refractivity contribution < 1.29 is 9.59 Å². The molecule has 0 spiro atoms. The van der Waals surface area contributed by atoms with Gasteiger partial charge in [0.05, 0.1) is 11.4 Å². The second-order valence-electron chi connectivity index (χ2n) is 7.70. The number of carbonyl (C=O) groups excluding carboxylic acids is 2. The number of fused-ring (bicyclic) bond motifs is 1. The monoisotopic (exact) mass is 370 g/mol. The fraction of sp³-hybridized carbons (Fsp3) is 0.579. The van der Waals surface area contributed by atoms with Crippen molar-refractivity contribution >= 4 is 23.1 Å². The Morgan fingerprint density at radius 1 is 1.15 bits per heavy atom. The molecule has 2 aliphatic heterocycles. The SMILES string of the molecule is CN(C)C(=O)N1CCC(C(=O)N2CCC(c3nc4ncccc4[nH]3)CC2)C1. The third-order valence-corrected chi connectivity index (χ3v) is 5.66. The number of hydrogen-bond donors (Lipinski definition) is 1. The second kappa shape index (κ2) is 7.17. The van der Waals surface area contributed by atoms with E-state index < -0.39 is 0 Å². The predicted molar refractivity (Wildman–Crippen MR) is 101 cm³/mol. The van der Waals surface area contributed by atoms with Gasteiger partial charge in [-0.05, 0) is 31.4 Å². The largest absolute Gasteiger partial charge is 0.342 e. The summed E-state index contributed by atoms with van der Waals surface area (Å²) in [6.07, 6.45) is 4.31. The van der Waals surface area contributed by atoms with E-state index in [1.807, 2.05) is 17.0 Å². The summed E-state index contributed by atoms with van der Waals surface area (Å²) in [5.74, 6) is 1.42. The van der Waals surface area contributed by atoms with Crippen LogP contribution in [-0.4, -0.2) is 81.9 Å². The summed E-state index contributed by atoms with van der Waals surface area (Å²) < 4.78 is 0. The summed E-state index contributed by atoms with van der Waals surface area (Å²) in [6.45, 7) is 2.68. The molecule has 3 amide bonds. The quantitative estimate of drug-likeness (QED) is 0.871. The molecule has 1 atom stereocenters. The van der Waals surface area contributed by atoms with Crippen LogP contribution in [0.2, 0.25) is 0 Å². The maximum atomic E-state index is 12.9.